The van der Waals surface area contributed by atoms with Crippen molar-refractivity contribution in [2.45, 2.75) is 42.9 Å². The molecule has 43 heavy (non-hydrogen) atoms. The van der Waals surface area contributed by atoms with Gasteiger partial charge in [-0.15, -0.1) is 0 Å². The third-order valence-corrected chi connectivity index (χ3v) is 8.91. The maximum Gasteiger partial charge on any atom is 0.434 e. The number of aromatic nitrogens is 2. The summed E-state index contributed by atoms with van der Waals surface area (Å²) in [7, 11) is -1.62. The van der Waals surface area contributed by atoms with Gasteiger partial charge in [0, 0.05) is 39.5 Å². The molecule has 13 heteroatoms. The molecule has 1 aromatic heterocycles. The molecule has 1 fully saturated rings. The lowest BCUT2D eigenvalue weighted by molar-refractivity contribution is -0.141. The van der Waals surface area contributed by atoms with Crippen molar-refractivity contribution in [3.05, 3.63) is 106 Å². The van der Waals surface area contributed by atoms with Crippen LogP contribution in [0.3, 0.4) is 0 Å². The third-order valence-electron chi connectivity index (χ3n) is 7.68. The Labute approximate surface area is 252 Å². The number of alkyl halides is 3. The highest BCUT2D eigenvalue weighted by Gasteiger charge is 2.50. The van der Waals surface area contributed by atoms with E-state index in [9.17, 15) is 22.5 Å². The van der Waals surface area contributed by atoms with E-state index >= 15 is 4.39 Å². The third kappa shape index (κ3) is 5.67. The van der Waals surface area contributed by atoms with Crippen LogP contribution in [0.1, 0.15) is 35.5 Å². The molecule has 1 atom stereocenters. The van der Waals surface area contributed by atoms with Crippen molar-refractivity contribution in [3.8, 4) is 16.8 Å². The zero-order valence-corrected chi connectivity index (χ0v) is 24.7. The molecular formula is C30H28ClF4N5O2S. The van der Waals surface area contributed by atoms with Gasteiger partial charge in [-0.25, -0.2) is 15.2 Å². The summed E-state index contributed by atoms with van der Waals surface area (Å²) in [6.45, 7) is 0.802. The number of hydrogen-bond acceptors (Lipinski definition) is 6. The number of nitrogens with zero attached hydrogens (tertiary/aromatic N) is 3. The Morgan fingerprint density at radius 3 is 2.37 bits per heavy atom. The molecule has 4 aromatic rings. The Bertz CT molecular complexity index is 1750. The van der Waals surface area contributed by atoms with E-state index in [1.807, 2.05) is 12.1 Å². The number of hydrogen-bond donors (Lipinski definition) is 3. The topological polar surface area (TPSA) is 110 Å². The van der Waals surface area contributed by atoms with E-state index in [0.29, 0.717) is 34.7 Å². The minimum Gasteiger partial charge on any atom is -0.403 e. The molecule has 1 aliphatic carbocycles. The van der Waals surface area contributed by atoms with E-state index in [-0.39, 0.29) is 27.7 Å². The number of aliphatic hydroxyl groups excluding tert-OH is 1. The highest BCUT2D eigenvalue weighted by Crippen LogP contribution is 2.55. The molecule has 5 rings (SSSR count). The van der Waals surface area contributed by atoms with Crippen LogP contribution in [-0.2, 0) is 29.0 Å². The zero-order chi connectivity index (χ0) is 31.3. The van der Waals surface area contributed by atoms with Crippen LogP contribution in [-0.4, -0.2) is 25.1 Å². The Balaban J connectivity index is 1.70. The lowest BCUT2D eigenvalue weighted by Crippen LogP contribution is -2.37. The fraction of sp³-hybridized carbons (Fsp3) is 0.233. The molecule has 0 saturated heterocycles. The van der Waals surface area contributed by atoms with Gasteiger partial charge in [-0.3, -0.25) is 9.22 Å². The predicted molar refractivity (Wildman–Crippen MR) is 158 cm³/mol. The summed E-state index contributed by atoms with van der Waals surface area (Å²) in [4.78, 5) is 3.82. The van der Waals surface area contributed by atoms with Crippen LogP contribution in [0.4, 0.5) is 23.2 Å². The molecule has 1 heterocycles. The molecule has 0 radical (unpaired) electrons. The van der Waals surface area contributed by atoms with Gasteiger partial charge >= 0.3 is 6.18 Å². The van der Waals surface area contributed by atoms with Crippen LogP contribution in [0.2, 0.25) is 5.02 Å². The molecule has 3 aromatic carbocycles. The molecule has 1 unspecified atom stereocenters. The predicted octanol–water partition coefficient (Wildman–Crippen LogP) is 6.10. The number of nitrogens with two attached hydrogens (primary N) is 2. The van der Waals surface area contributed by atoms with Crippen LogP contribution >= 0.6 is 11.6 Å². The van der Waals surface area contributed by atoms with Crippen LogP contribution in [0, 0.1) is 12.7 Å². The van der Waals surface area contributed by atoms with Gasteiger partial charge in [0.15, 0.2) is 5.69 Å². The van der Waals surface area contributed by atoms with Crippen molar-refractivity contribution in [2.75, 3.05) is 11.3 Å². The van der Waals surface area contributed by atoms with Gasteiger partial charge in [-0.1, -0.05) is 29.8 Å². The number of imidazole rings is 1. The van der Waals surface area contributed by atoms with Gasteiger partial charge in [-0.05, 0) is 72.9 Å². The first kappa shape index (κ1) is 30.7. The first-order valence-corrected chi connectivity index (χ1v) is 15.0. The second-order valence-corrected chi connectivity index (χ2v) is 12.1. The Morgan fingerprint density at radius 2 is 1.84 bits per heavy atom. The first-order valence-electron chi connectivity index (χ1n) is 13.1. The zero-order valence-electron chi connectivity index (χ0n) is 23.1. The quantitative estimate of drug-likeness (QED) is 0.123. The molecule has 7 nitrogen and oxygen atoms in total. The minimum atomic E-state index is -4.67. The summed E-state index contributed by atoms with van der Waals surface area (Å²) in [6.07, 6.45) is 0.371. The van der Waals surface area contributed by atoms with Crippen molar-refractivity contribution < 1.29 is 26.9 Å². The van der Waals surface area contributed by atoms with Crippen LogP contribution in [0.15, 0.2) is 77.6 Å². The largest absolute Gasteiger partial charge is 0.434 e. The molecule has 0 amide bonds. The number of rotatable bonds is 8. The lowest BCUT2D eigenvalue weighted by atomic mass is 9.91. The summed E-state index contributed by atoms with van der Waals surface area (Å²) >= 11 is 6.11. The number of allylic oxidation sites excluding steroid dienone is 1. The Kier molecular flexibility index (Phi) is 8.16. The summed E-state index contributed by atoms with van der Waals surface area (Å²) in [6, 6.07) is 14.7. The maximum absolute atomic E-state index is 15.0. The van der Waals surface area contributed by atoms with Crippen LogP contribution in [0.25, 0.3) is 16.8 Å². The van der Waals surface area contributed by atoms with E-state index in [0.717, 1.165) is 11.8 Å². The SMILES string of the molecule is Cc1nc(C(F)(F)F)cn1-c1ccc(-c2cc(F)c(CO)c(S(C)=O)c2)cc1N(N)/C(=C\N)C1(c2ccc(Cl)cc2)CC1. The molecule has 0 aliphatic heterocycles. The molecule has 0 spiro atoms. The fourth-order valence-corrected chi connectivity index (χ4v) is 6.26. The van der Waals surface area contributed by atoms with Crippen molar-refractivity contribution in [1.82, 2.24) is 9.55 Å². The average Bonchev–Trinajstić information content (AvgIpc) is 3.65. The van der Waals surface area contributed by atoms with Gasteiger partial charge in [0.25, 0.3) is 0 Å². The number of benzene rings is 3. The van der Waals surface area contributed by atoms with Crippen LogP contribution in [0.5, 0.6) is 0 Å². The van der Waals surface area contributed by atoms with Gasteiger partial charge in [0.2, 0.25) is 0 Å². The number of aliphatic hydroxyl groups is 1. The van der Waals surface area contributed by atoms with E-state index in [2.05, 4.69) is 4.98 Å². The molecule has 226 valence electrons. The number of hydrazine groups is 1. The van der Waals surface area contributed by atoms with E-state index in [4.69, 9.17) is 23.2 Å². The average molecular weight is 634 g/mol. The Morgan fingerprint density at radius 1 is 1.16 bits per heavy atom. The summed E-state index contributed by atoms with van der Waals surface area (Å²) in [5.74, 6) is 6.09. The second-order valence-electron chi connectivity index (χ2n) is 10.3. The minimum absolute atomic E-state index is 0.0637. The van der Waals surface area contributed by atoms with Gasteiger partial charge in [0.1, 0.15) is 11.6 Å². The van der Waals surface area contributed by atoms with E-state index in [1.54, 1.807) is 30.3 Å². The molecule has 1 saturated carbocycles. The van der Waals surface area contributed by atoms with Crippen molar-refractivity contribution >= 4 is 28.1 Å². The lowest BCUT2D eigenvalue weighted by Gasteiger charge is -2.31. The highest BCUT2D eigenvalue weighted by molar-refractivity contribution is 7.84. The normalized spacial score (nSPS) is 15.4. The smallest absolute Gasteiger partial charge is 0.403 e. The molecule has 1 aliphatic rings. The first-order chi connectivity index (χ1) is 20.3. The standard InChI is InChI=1S/C30H28ClF4N5O2S/c1-17-38-27(30(33,34)35)15-39(17)24-8-3-18(19-11-23(32)22(16-41)26(13-19)43(2)42)12-25(24)40(37)28(14-36)29(9-10-29)20-4-6-21(31)7-5-20/h3-8,11-15,41H,9-10,16,36-37H2,1-2H3/b28-14-. The summed E-state index contributed by atoms with van der Waals surface area (Å²) < 4.78 is 69.4. The molecular weight excluding hydrogens is 606 g/mol. The number of anilines is 1. The molecule has 0 bridgehead atoms. The van der Waals surface area contributed by atoms with Crippen molar-refractivity contribution in [1.29, 1.82) is 0 Å². The number of aryl methyl sites for hydroxylation is 1. The van der Waals surface area contributed by atoms with Crippen LogP contribution < -0.4 is 16.6 Å². The number of halogens is 5. The van der Waals surface area contributed by atoms with Crippen molar-refractivity contribution in [3.63, 3.8) is 0 Å². The summed E-state index contributed by atoms with van der Waals surface area (Å²) in [5, 5.41) is 11.5. The monoisotopic (exact) mass is 633 g/mol. The second kappa shape index (κ2) is 11.4. The highest BCUT2D eigenvalue weighted by atomic mass is 35.5. The van der Waals surface area contributed by atoms with E-state index < -0.39 is 40.5 Å². The maximum atomic E-state index is 15.0. The Hall–Kier alpha value is -3.71. The van der Waals surface area contributed by atoms with Gasteiger partial charge in [-0.2, -0.15) is 13.2 Å². The summed E-state index contributed by atoms with van der Waals surface area (Å²) in [5.41, 5.74) is 7.14. The fourth-order valence-electron chi connectivity index (χ4n) is 5.33. The van der Waals surface area contributed by atoms with Gasteiger partial charge in [0.05, 0.1) is 34.5 Å². The van der Waals surface area contributed by atoms with E-state index in [1.165, 1.54) is 41.1 Å². The van der Waals surface area contributed by atoms with Gasteiger partial charge < -0.3 is 15.4 Å². The van der Waals surface area contributed by atoms with Crippen molar-refractivity contribution in [2.24, 2.45) is 11.6 Å². The molecule has 5 N–H and O–H groups in total.